The summed E-state index contributed by atoms with van der Waals surface area (Å²) in [7, 11) is 0. The Bertz CT molecular complexity index is 1380. The number of furan rings is 1. The lowest BCUT2D eigenvalue weighted by Gasteiger charge is -2.09. The molecule has 0 spiro atoms. The Morgan fingerprint density at radius 3 is 2.67 bits per heavy atom. The third-order valence-electron chi connectivity index (χ3n) is 5.53. The highest BCUT2D eigenvalue weighted by atomic mass is 32.1. The standard InChI is InChI=1S/C25H19N3O4S/c1-14-10-15(25(30)31)6-8-18(14)21-9-7-17(32-21)11-16(12-26)23(29)28-24-20(13-27)19-4-2-3-5-22(19)33-24/h6-11H,2-5H2,1H3,(H,28,29)(H,30,31)/b16-11+. The molecular weight excluding hydrogens is 438 g/mol. The summed E-state index contributed by atoms with van der Waals surface area (Å²) in [5.74, 6) is -0.813. The van der Waals surface area contributed by atoms with Gasteiger partial charge in [0.1, 0.15) is 34.2 Å². The molecule has 0 atom stereocenters. The Labute approximate surface area is 194 Å². The Morgan fingerprint density at radius 1 is 1.18 bits per heavy atom. The molecule has 0 unspecified atom stereocenters. The molecule has 164 valence electrons. The summed E-state index contributed by atoms with van der Waals surface area (Å²) in [6.07, 6.45) is 5.16. The van der Waals surface area contributed by atoms with Gasteiger partial charge in [-0.05, 0) is 68.0 Å². The molecule has 1 aliphatic carbocycles. The topological polar surface area (TPSA) is 127 Å². The first kappa shape index (κ1) is 22.1. The van der Waals surface area contributed by atoms with E-state index in [1.54, 1.807) is 31.2 Å². The van der Waals surface area contributed by atoms with Crippen LogP contribution in [0.5, 0.6) is 0 Å². The molecule has 7 nitrogen and oxygen atoms in total. The third-order valence-corrected chi connectivity index (χ3v) is 6.73. The fourth-order valence-corrected chi connectivity index (χ4v) is 5.12. The molecule has 3 aromatic rings. The van der Waals surface area contributed by atoms with Crippen molar-refractivity contribution in [2.24, 2.45) is 0 Å². The number of benzene rings is 1. The third kappa shape index (κ3) is 4.43. The van der Waals surface area contributed by atoms with Gasteiger partial charge in [-0.2, -0.15) is 10.5 Å². The van der Waals surface area contributed by atoms with E-state index in [-0.39, 0.29) is 11.1 Å². The van der Waals surface area contributed by atoms with E-state index < -0.39 is 11.9 Å². The Hall–Kier alpha value is -4.14. The van der Waals surface area contributed by atoms with E-state index in [9.17, 15) is 20.1 Å². The molecule has 33 heavy (non-hydrogen) atoms. The summed E-state index contributed by atoms with van der Waals surface area (Å²) in [6, 6.07) is 12.1. The zero-order chi connectivity index (χ0) is 23.5. The number of carboxylic acids is 1. The number of carboxylic acid groups (broad SMARTS) is 1. The average Bonchev–Trinajstić information content (AvgIpc) is 3.40. The van der Waals surface area contributed by atoms with Crippen molar-refractivity contribution in [3.63, 3.8) is 0 Å². The van der Waals surface area contributed by atoms with Crippen LogP contribution in [-0.2, 0) is 17.6 Å². The number of fused-ring (bicyclic) bond motifs is 1. The number of nitrogens with one attached hydrogen (secondary N) is 1. The number of anilines is 1. The molecule has 8 heteroatoms. The maximum atomic E-state index is 12.8. The smallest absolute Gasteiger partial charge is 0.335 e. The van der Waals surface area contributed by atoms with Crippen LogP contribution in [-0.4, -0.2) is 17.0 Å². The minimum atomic E-state index is -1.01. The van der Waals surface area contributed by atoms with Gasteiger partial charge in [-0.15, -0.1) is 11.3 Å². The number of carbonyl (C=O) groups is 2. The van der Waals surface area contributed by atoms with E-state index >= 15 is 0 Å². The highest BCUT2D eigenvalue weighted by Crippen LogP contribution is 2.38. The van der Waals surface area contributed by atoms with Crippen molar-refractivity contribution in [2.45, 2.75) is 32.6 Å². The molecule has 0 fully saturated rings. The molecule has 1 aliphatic rings. The van der Waals surface area contributed by atoms with Gasteiger partial charge in [0.25, 0.3) is 5.91 Å². The van der Waals surface area contributed by atoms with E-state index in [2.05, 4.69) is 11.4 Å². The largest absolute Gasteiger partial charge is 0.478 e. The molecule has 4 rings (SSSR count). The SMILES string of the molecule is Cc1cc(C(=O)O)ccc1-c1ccc(/C=C(\C#N)C(=O)Nc2sc3c(c2C#N)CCCC3)o1. The summed E-state index contributed by atoms with van der Waals surface area (Å²) in [5.41, 5.74) is 2.96. The highest BCUT2D eigenvalue weighted by Gasteiger charge is 2.23. The number of thiophene rings is 1. The fraction of sp³-hybridized carbons (Fsp3) is 0.200. The molecule has 1 aromatic carbocycles. The van der Waals surface area contributed by atoms with E-state index in [1.807, 2.05) is 6.07 Å². The molecule has 0 aliphatic heterocycles. The van der Waals surface area contributed by atoms with Gasteiger partial charge < -0.3 is 14.8 Å². The Balaban J connectivity index is 1.57. The first-order valence-electron chi connectivity index (χ1n) is 10.3. The van der Waals surface area contributed by atoms with E-state index in [1.165, 1.54) is 23.5 Å². The van der Waals surface area contributed by atoms with Crippen LogP contribution in [0.3, 0.4) is 0 Å². The van der Waals surface area contributed by atoms with Gasteiger partial charge in [-0.25, -0.2) is 4.79 Å². The van der Waals surface area contributed by atoms with Gasteiger partial charge in [-0.1, -0.05) is 6.07 Å². The number of nitriles is 2. The molecule has 1 amide bonds. The van der Waals surface area contributed by atoms with Crippen molar-refractivity contribution >= 4 is 34.3 Å². The molecule has 0 bridgehead atoms. The second kappa shape index (κ2) is 9.15. The minimum absolute atomic E-state index is 0.149. The van der Waals surface area contributed by atoms with Crippen LogP contribution in [0.25, 0.3) is 17.4 Å². The zero-order valence-corrected chi connectivity index (χ0v) is 18.6. The zero-order valence-electron chi connectivity index (χ0n) is 17.8. The number of amides is 1. The van der Waals surface area contributed by atoms with Crippen molar-refractivity contribution in [3.05, 3.63) is 68.8 Å². The molecular formula is C25H19N3O4S. The van der Waals surface area contributed by atoms with Gasteiger partial charge in [0.05, 0.1) is 11.1 Å². The predicted octanol–water partition coefficient (Wildman–Crippen LogP) is 5.31. The Kier molecular flexibility index (Phi) is 6.12. The molecule has 0 saturated heterocycles. The maximum absolute atomic E-state index is 12.8. The summed E-state index contributed by atoms with van der Waals surface area (Å²) in [6.45, 7) is 1.78. The van der Waals surface area contributed by atoms with Crippen molar-refractivity contribution in [1.82, 2.24) is 0 Å². The van der Waals surface area contributed by atoms with Crippen LogP contribution in [0.1, 0.15) is 50.5 Å². The number of aromatic carboxylic acids is 1. The lowest BCUT2D eigenvalue weighted by Crippen LogP contribution is -2.13. The number of hydrogen-bond donors (Lipinski definition) is 2. The number of hydrogen-bond acceptors (Lipinski definition) is 6. The monoisotopic (exact) mass is 457 g/mol. The van der Waals surface area contributed by atoms with Gasteiger partial charge in [0, 0.05) is 16.5 Å². The van der Waals surface area contributed by atoms with E-state index in [4.69, 9.17) is 9.52 Å². The second-order valence-corrected chi connectivity index (χ2v) is 8.79. The van der Waals surface area contributed by atoms with E-state index in [0.29, 0.717) is 27.6 Å². The molecule has 0 radical (unpaired) electrons. The van der Waals surface area contributed by atoms with Gasteiger partial charge in [0.15, 0.2) is 0 Å². The molecule has 2 N–H and O–H groups in total. The minimum Gasteiger partial charge on any atom is -0.478 e. The number of carbonyl (C=O) groups excluding carboxylic acids is 1. The fourth-order valence-electron chi connectivity index (χ4n) is 3.88. The highest BCUT2D eigenvalue weighted by molar-refractivity contribution is 7.16. The second-order valence-electron chi connectivity index (χ2n) is 7.69. The van der Waals surface area contributed by atoms with Crippen LogP contribution in [0, 0.1) is 29.6 Å². The maximum Gasteiger partial charge on any atom is 0.335 e. The van der Waals surface area contributed by atoms with Crippen LogP contribution in [0.15, 0.2) is 40.3 Å². The molecule has 2 aromatic heterocycles. The number of aryl methyl sites for hydroxylation is 2. The van der Waals surface area contributed by atoms with Gasteiger partial charge >= 0.3 is 5.97 Å². The normalized spacial score (nSPS) is 13.0. The summed E-state index contributed by atoms with van der Waals surface area (Å²) < 4.78 is 5.79. The number of nitrogens with zero attached hydrogens (tertiary/aromatic N) is 2. The van der Waals surface area contributed by atoms with Crippen LogP contribution in [0.2, 0.25) is 0 Å². The summed E-state index contributed by atoms with van der Waals surface area (Å²) >= 11 is 1.40. The lowest BCUT2D eigenvalue weighted by molar-refractivity contribution is -0.112. The first-order valence-corrected chi connectivity index (χ1v) is 11.1. The summed E-state index contributed by atoms with van der Waals surface area (Å²) in [4.78, 5) is 25.0. The van der Waals surface area contributed by atoms with Gasteiger partial charge in [0.2, 0.25) is 0 Å². The van der Waals surface area contributed by atoms with Crippen LogP contribution < -0.4 is 5.32 Å². The average molecular weight is 458 g/mol. The lowest BCUT2D eigenvalue weighted by atomic mass is 9.96. The number of rotatable bonds is 5. The summed E-state index contributed by atoms with van der Waals surface area (Å²) in [5, 5.41) is 31.4. The molecule has 2 heterocycles. The van der Waals surface area contributed by atoms with Crippen molar-refractivity contribution in [1.29, 1.82) is 10.5 Å². The van der Waals surface area contributed by atoms with Crippen LogP contribution in [0.4, 0.5) is 5.00 Å². The Morgan fingerprint density at radius 2 is 1.97 bits per heavy atom. The first-order chi connectivity index (χ1) is 15.9. The molecule has 0 saturated carbocycles. The quantitative estimate of drug-likeness (QED) is 0.395. The van der Waals surface area contributed by atoms with Crippen molar-refractivity contribution < 1.29 is 19.1 Å². The van der Waals surface area contributed by atoms with Crippen molar-refractivity contribution in [2.75, 3.05) is 5.32 Å². The van der Waals surface area contributed by atoms with Crippen molar-refractivity contribution in [3.8, 4) is 23.5 Å². The predicted molar refractivity (Wildman–Crippen MR) is 124 cm³/mol. The van der Waals surface area contributed by atoms with Gasteiger partial charge in [-0.3, -0.25) is 4.79 Å². The van der Waals surface area contributed by atoms with Crippen LogP contribution >= 0.6 is 11.3 Å². The van der Waals surface area contributed by atoms with E-state index in [0.717, 1.165) is 41.7 Å².